The normalized spacial score (nSPS) is 15.0. The van der Waals surface area contributed by atoms with E-state index in [1.54, 1.807) is 12.1 Å². The number of nitrogens with two attached hydrogens (primary N) is 1. The van der Waals surface area contributed by atoms with Crippen molar-refractivity contribution in [2.24, 2.45) is 0 Å². The molecule has 0 amide bonds. The van der Waals surface area contributed by atoms with Crippen LogP contribution in [0.15, 0.2) is 59.6 Å². The summed E-state index contributed by atoms with van der Waals surface area (Å²) < 4.78 is 45.6. The Bertz CT molecular complexity index is 1230. The van der Waals surface area contributed by atoms with Gasteiger partial charge in [-0.05, 0) is 36.4 Å². The molecule has 1 aromatic heterocycles. The second-order valence-corrected chi connectivity index (χ2v) is 8.81. The highest BCUT2D eigenvalue weighted by molar-refractivity contribution is 7.89. The molecule has 0 unspecified atom stereocenters. The Morgan fingerprint density at radius 3 is 2.52 bits per heavy atom. The van der Waals surface area contributed by atoms with Crippen molar-refractivity contribution in [3.8, 4) is 11.3 Å². The molecule has 1 saturated heterocycles. The summed E-state index contributed by atoms with van der Waals surface area (Å²) in [6.07, 6.45) is 1.37. The molecule has 0 bridgehead atoms. The van der Waals surface area contributed by atoms with E-state index >= 15 is 0 Å². The monoisotopic (exact) mass is 442 g/mol. The highest BCUT2D eigenvalue weighted by Crippen LogP contribution is 2.25. The van der Waals surface area contributed by atoms with Crippen molar-refractivity contribution in [2.45, 2.75) is 4.90 Å². The van der Waals surface area contributed by atoms with Crippen LogP contribution in [-0.2, 0) is 14.8 Å². The van der Waals surface area contributed by atoms with Crippen molar-refractivity contribution in [2.75, 3.05) is 32.0 Å². The summed E-state index contributed by atoms with van der Waals surface area (Å²) in [5.74, 6) is -1.05. The summed E-state index contributed by atoms with van der Waals surface area (Å²) in [7, 11) is -3.70. The molecule has 0 saturated carbocycles. The molecule has 4 rings (SSSR count). The molecule has 10 heteroatoms. The Balaban J connectivity index is 1.69. The number of benzene rings is 2. The summed E-state index contributed by atoms with van der Waals surface area (Å²) in [5.41, 5.74) is 6.73. The molecule has 1 aliphatic heterocycles. The van der Waals surface area contributed by atoms with E-state index in [1.807, 2.05) is 0 Å². The van der Waals surface area contributed by atoms with E-state index in [4.69, 9.17) is 10.5 Å². The molecule has 31 heavy (non-hydrogen) atoms. The molecule has 160 valence electrons. The highest BCUT2D eigenvalue weighted by Gasteiger charge is 2.26. The largest absolute Gasteiger partial charge is 0.382 e. The summed E-state index contributed by atoms with van der Waals surface area (Å²) in [4.78, 5) is 21.2. The lowest BCUT2D eigenvalue weighted by molar-refractivity contribution is 0.0730. The van der Waals surface area contributed by atoms with E-state index in [-0.39, 0.29) is 35.1 Å². The summed E-state index contributed by atoms with van der Waals surface area (Å²) in [6.45, 7) is 1.25. The van der Waals surface area contributed by atoms with Gasteiger partial charge in [-0.25, -0.2) is 22.8 Å². The highest BCUT2D eigenvalue weighted by atomic mass is 32.2. The van der Waals surface area contributed by atoms with Gasteiger partial charge in [-0.2, -0.15) is 4.31 Å². The van der Waals surface area contributed by atoms with Gasteiger partial charge in [0.2, 0.25) is 15.8 Å². The molecular weight excluding hydrogens is 423 g/mol. The third-order valence-corrected chi connectivity index (χ3v) is 6.75. The zero-order valence-corrected chi connectivity index (χ0v) is 17.2. The maximum Gasteiger partial charge on any atom is 0.243 e. The molecule has 8 nitrogen and oxygen atoms in total. The molecule has 2 heterocycles. The number of anilines is 1. The van der Waals surface area contributed by atoms with Gasteiger partial charge >= 0.3 is 0 Å². The number of morpholine rings is 1. The van der Waals surface area contributed by atoms with E-state index in [0.717, 1.165) is 0 Å². The van der Waals surface area contributed by atoms with E-state index in [0.29, 0.717) is 24.5 Å². The summed E-state index contributed by atoms with van der Waals surface area (Å²) >= 11 is 0. The second kappa shape index (κ2) is 8.50. The fourth-order valence-corrected chi connectivity index (χ4v) is 4.65. The van der Waals surface area contributed by atoms with Crippen LogP contribution in [-0.4, -0.2) is 54.8 Å². The van der Waals surface area contributed by atoms with Crippen LogP contribution in [0.5, 0.6) is 0 Å². The van der Waals surface area contributed by atoms with Gasteiger partial charge in [0.25, 0.3) is 0 Å². The van der Waals surface area contributed by atoms with Gasteiger partial charge in [0.05, 0.1) is 30.0 Å². The quantitative estimate of drug-likeness (QED) is 0.602. The first-order valence-electron chi connectivity index (χ1n) is 9.47. The van der Waals surface area contributed by atoms with E-state index < -0.39 is 21.6 Å². The minimum Gasteiger partial charge on any atom is -0.382 e. The van der Waals surface area contributed by atoms with Gasteiger partial charge in [-0.3, -0.25) is 4.79 Å². The SMILES string of the molecule is Nc1ncc(-c2cccc(S(=O)(=O)N3CCOCC3)c2)nc1C(=O)c1ccc(F)cc1. The van der Waals surface area contributed by atoms with Crippen molar-refractivity contribution in [1.82, 2.24) is 14.3 Å². The van der Waals surface area contributed by atoms with Crippen LogP contribution in [0.4, 0.5) is 10.2 Å². The zero-order valence-electron chi connectivity index (χ0n) is 16.4. The third-order valence-electron chi connectivity index (χ3n) is 4.86. The van der Waals surface area contributed by atoms with Crippen molar-refractivity contribution >= 4 is 21.6 Å². The fourth-order valence-electron chi connectivity index (χ4n) is 3.19. The minimum absolute atomic E-state index is 0.0739. The Hall–Kier alpha value is -3.21. The number of aromatic nitrogens is 2. The zero-order chi connectivity index (χ0) is 22.0. The first kappa shape index (κ1) is 21.0. The van der Waals surface area contributed by atoms with Crippen LogP contribution in [0.25, 0.3) is 11.3 Å². The lowest BCUT2D eigenvalue weighted by Crippen LogP contribution is -2.40. The van der Waals surface area contributed by atoms with Crippen LogP contribution in [0.2, 0.25) is 0 Å². The van der Waals surface area contributed by atoms with Crippen LogP contribution in [0.1, 0.15) is 16.1 Å². The maximum atomic E-state index is 13.2. The van der Waals surface area contributed by atoms with Crippen LogP contribution >= 0.6 is 0 Å². The number of hydrogen-bond acceptors (Lipinski definition) is 7. The molecule has 2 N–H and O–H groups in total. The summed E-state index contributed by atoms with van der Waals surface area (Å²) in [5, 5.41) is 0. The Kier molecular flexibility index (Phi) is 5.77. The molecule has 0 radical (unpaired) electrons. The number of ketones is 1. The van der Waals surface area contributed by atoms with Crippen LogP contribution < -0.4 is 5.73 Å². The number of rotatable bonds is 5. The number of nitrogen functional groups attached to an aromatic ring is 1. The predicted molar refractivity (Wildman–Crippen MR) is 111 cm³/mol. The minimum atomic E-state index is -3.70. The van der Waals surface area contributed by atoms with E-state index in [2.05, 4.69) is 9.97 Å². The molecule has 1 fully saturated rings. The fraction of sp³-hybridized carbons (Fsp3) is 0.190. The second-order valence-electron chi connectivity index (χ2n) is 6.87. The van der Waals surface area contributed by atoms with E-state index in [1.165, 1.54) is 46.9 Å². The van der Waals surface area contributed by atoms with Crippen LogP contribution in [0.3, 0.4) is 0 Å². The van der Waals surface area contributed by atoms with Crippen molar-refractivity contribution < 1.29 is 22.3 Å². The van der Waals surface area contributed by atoms with Gasteiger partial charge in [-0.1, -0.05) is 12.1 Å². The standard InChI is InChI=1S/C21H19FN4O4S/c22-16-6-4-14(5-7-16)20(27)19-21(23)24-13-18(25-19)15-2-1-3-17(12-15)31(28,29)26-8-10-30-11-9-26/h1-7,12-13H,8-11H2,(H2,23,24). The lowest BCUT2D eigenvalue weighted by atomic mass is 10.1. The third kappa shape index (κ3) is 4.31. The van der Waals surface area contributed by atoms with Gasteiger partial charge in [0.1, 0.15) is 5.82 Å². The van der Waals surface area contributed by atoms with Crippen molar-refractivity contribution in [3.63, 3.8) is 0 Å². The van der Waals surface area contributed by atoms with Crippen molar-refractivity contribution in [1.29, 1.82) is 0 Å². The van der Waals surface area contributed by atoms with E-state index in [9.17, 15) is 17.6 Å². The number of nitrogens with zero attached hydrogens (tertiary/aromatic N) is 3. The van der Waals surface area contributed by atoms with Crippen LogP contribution in [0, 0.1) is 5.82 Å². The molecule has 1 aliphatic rings. The van der Waals surface area contributed by atoms with Gasteiger partial charge in [0.15, 0.2) is 11.5 Å². The molecule has 3 aromatic rings. The van der Waals surface area contributed by atoms with Gasteiger partial charge in [-0.15, -0.1) is 0 Å². The number of carbonyl (C=O) groups is 1. The average molecular weight is 442 g/mol. The van der Waals surface area contributed by atoms with Gasteiger partial charge < -0.3 is 10.5 Å². The number of ether oxygens (including phenoxy) is 1. The molecule has 0 spiro atoms. The Morgan fingerprint density at radius 1 is 1.10 bits per heavy atom. The number of hydrogen-bond donors (Lipinski definition) is 1. The molecular formula is C21H19FN4O4S. The molecule has 0 atom stereocenters. The molecule has 2 aromatic carbocycles. The molecule has 0 aliphatic carbocycles. The topological polar surface area (TPSA) is 115 Å². The lowest BCUT2D eigenvalue weighted by Gasteiger charge is -2.26. The Labute approximate surface area is 178 Å². The first-order valence-corrected chi connectivity index (χ1v) is 10.9. The first-order chi connectivity index (χ1) is 14.9. The average Bonchev–Trinajstić information content (AvgIpc) is 2.80. The van der Waals surface area contributed by atoms with Crippen molar-refractivity contribution in [3.05, 3.63) is 71.8 Å². The number of carbonyl (C=O) groups excluding carboxylic acids is 1. The maximum absolute atomic E-state index is 13.2. The predicted octanol–water partition coefficient (Wildman–Crippen LogP) is 2.12. The number of sulfonamides is 1. The number of halogens is 1. The summed E-state index contributed by atoms with van der Waals surface area (Å²) in [6, 6.07) is 11.3. The van der Waals surface area contributed by atoms with Gasteiger partial charge in [0, 0.05) is 24.2 Å². The Morgan fingerprint density at radius 2 is 1.81 bits per heavy atom. The smallest absolute Gasteiger partial charge is 0.243 e.